The maximum Gasteiger partial charge on any atom is 0.254 e. The molecule has 5 aliphatic rings. The second-order valence-electron chi connectivity index (χ2n) is 7.39. The fourth-order valence-electron chi connectivity index (χ4n) is 5.00. The van der Waals surface area contributed by atoms with Gasteiger partial charge >= 0.3 is 0 Å². The van der Waals surface area contributed by atoms with E-state index in [0.29, 0.717) is 18.4 Å². The highest BCUT2D eigenvalue weighted by Gasteiger charge is 2.67. The van der Waals surface area contributed by atoms with Crippen molar-refractivity contribution in [3.05, 3.63) is 42.0 Å². The van der Waals surface area contributed by atoms with Gasteiger partial charge in [0.05, 0.1) is 24.7 Å². The Labute approximate surface area is 146 Å². The van der Waals surface area contributed by atoms with Crippen LogP contribution in [0.15, 0.2) is 41.5 Å². The fourth-order valence-corrected chi connectivity index (χ4v) is 5.00. The lowest BCUT2D eigenvalue weighted by Crippen LogP contribution is -2.40. The summed E-state index contributed by atoms with van der Waals surface area (Å²) in [4.78, 5) is 25.6. The van der Waals surface area contributed by atoms with E-state index in [9.17, 15) is 9.59 Å². The maximum absolute atomic E-state index is 12.8. The second-order valence-corrected chi connectivity index (χ2v) is 7.39. The summed E-state index contributed by atoms with van der Waals surface area (Å²) in [6, 6.07) is 7.45. The van der Waals surface area contributed by atoms with Crippen LogP contribution in [0, 0.1) is 35.5 Å². The number of benzene rings is 1. The minimum Gasteiger partial charge on any atom is -0.494 e. The summed E-state index contributed by atoms with van der Waals surface area (Å²) in [5.41, 5.74) is 0.836. The largest absolute Gasteiger partial charge is 0.494 e. The third-order valence-corrected chi connectivity index (χ3v) is 6.15. The predicted molar refractivity (Wildman–Crippen MR) is 91.8 cm³/mol. The molecule has 1 aliphatic heterocycles. The van der Waals surface area contributed by atoms with Gasteiger partial charge in [0.2, 0.25) is 0 Å². The third-order valence-electron chi connectivity index (χ3n) is 6.15. The van der Waals surface area contributed by atoms with E-state index in [2.05, 4.69) is 17.3 Å². The van der Waals surface area contributed by atoms with Gasteiger partial charge in [-0.1, -0.05) is 12.2 Å². The number of hydrazone groups is 1. The number of hydrogen-bond donors (Lipinski definition) is 0. The summed E-state index contributed by atoms with van der Waals surface area (Å²) in [6.45, 7) is 2.55. The average molecular weight is 336 g/mol. The monoisotopic (exact) mass is 336 g/mol. The van der Waals surface area contributed by atoms with E-state index in [1.54, 1.807) is 6.21 Å². The Morgan fingerprint density at radius 2 is 1.68 bits per heavy atom. The van der Waals surface area contributed by atoms with E-state index >= 15 is 0 Å². The van der Waals surface area contributed by atoms with Crippen molar-refractivity contribution < 1.29 is 14.3 Å². The summed E-state index contributed by atoms with van der Waals surface area (Å²) in [5, 5.41) is 5.35. The molecule has 1 aromatic rings. The number of ether oxygens (including phenoxy) is 1. The molecule has 6 atom stereocenters. The highest BCUT2D eigenvalue weighted by molar-refractivity contribution is 6.06. The van der Waals surface area contributed by atoms with Gasteiger partial charge < -0.3 is 4.74 Å². The number of hydrogen-bond acceptors (Lipinski definition) is 4. The van der Waals surface area contributed by atoms with Crippen LogP contribution in [0.25, 0.3) is 0 Å². The molecule has 1 aromatic carbocycles. The number of carbonyl (C=O) groups is 2. The lowest BCUT2D eigenvalue weighted by Gasteiger charge is -2.37. The first kappa shape index (κ1) is 14.9. The molecule has 5 heteroatoms. The van der Waals surface area contributed by atoms with E-state index < -0.39 is 0 Å². The quantitative estimate of drug-likeness (QED) is 0.482. The van der Waals surface area contributed by atoms with Crippen LogP contribution in [0.5, 0.6) is 5.75 Å². The van der Waals surface area contributed by atoms with Gasteiger partial charge in [-0.2, -0.15) is 10.1 Å². The van der Waals surface area contributed by atoms with Crippen LogP contribution in [0.4, 0.5) is 0 Å². The van der Waals surface area contributed by atoms with Crippen molar-refractivity contribution in [3.8, 4) is 5.75 Å². The van der Waals surface area contributed by atoms with Gasteiger partial charge in [0.1, 0.15) is 5.75 Å². The van der Waals surface area contributed by atoms with E-state index in [-0.39, 0.29) is 35.5 Å². The Bertz CT molecular complexity index is 762. The second kappa shape index (κ2) is 5.28. The number of allylic oxidation sites excluding steroid dienone is 2. The van der Waals surface area contributed by atoms with Gasteiger partial charge in [-0.15, -0.1) is 0 Å². The number of nitrogens with zero attached hydrogens (tertiary/aromatic N) is 2. The van der Waals surface area contributed by atoms with Crippen molar-refractivity contribution in [3.63, 3.8) is 0 Å². The Morgan fingerprint density at radius 3 is 2.24 bits per heavy atom. The van der Waals surface area contributed by atoms with Gasteiger partial charge in [-0.25, -0.2) is 0 Å². The summed E-state index contributed by atoms with van der Waals surface area (Å²) >= 11 is 0. The van der Waals surface area contributed by atoms with Gasteiger partial charge in [-0.05, 0) is 66.8 Å². The minimum atomic E-state index is -0.191. The topological polar surface area (TPSA) is 59.0 Å². The smallest absolute Gasteiger partial charge is 0.254 e. The van der Waals surface area contributed by atoms with Gasteiger partial charge in [0, 0.05) is 0 Å². The van der Waals surface area contributed by atoms with Crippen LogP contribution < -0.4 is 4.74 Å². The highest BCUT2D eigenvalue weighted by atomic mass is 16.5. The van der Waals surface area contributed by atoms with Crippen LogP contribution in [-0.2, 0) is 9.59 Å². The van der Waals surface area contributed by atoms with Gasteiger partial charge in [0.15, 0.2) is 0 Å². The molecular weight excluding hydrogens is 316 g/mol. The Hall–Kier alpha value is -2.43. The molecule has 0 radical (unpaired) electrons. The number of rotatable bonds is 4. The lowest BCUT2D eigenvalue weighted by molar-refractivity contribution is -0.140. The molecule has 0 N–H and O–H groups in total. The summed E-state index contributed by atoms with van der Waals surface area (Å²) in [5.74, 6) is 1.87. The summed E-state index contributed by atoms with van der Waals surface area (Å²) in [6.07, 6.45) is 7.10. The van der Waals surface area contributed by atoms with E-state index in [1.165, 1.54) is 6.42 Å². The summed E-state index contributed by atoms with van der Waals surface area (Å²) < 4.78 is 5.41. The molecule has 128 valence electrons. The van der Waals surface area contributed by atoms with E-state index in [0.717, 1.165) is 16.3 Å². The molecule has 2 bridgehead atoms. The van der Waals surface area contributed by atoms with Gasteiger partial charge in [0.25, 0.3) is 11.8 Å². The number of imide groups is 1. The van der Waals surface area contributed by atoms with Crippen molar-refractivity contribution in [2.45, 2.75) is 13.3 Å². The predicted octanol–water partition coefficient (Wildman–Crippen LogP) is 2.47. The van der Waals surface area contributed by atoms with Crippen molar-refractivity contribution in [1.82, 2.24) is 5.01 Å². The van der Waals surface area contributed by atoms with E-state index in [4.69, 9.17) is 4.74 Å². The SMILES string of the molecule is CCOc1ccc(/C=N\N2C(=O)[C@@H]3[C@H]4C=C[C@H]([C@H]5C[C@H]45)[C@@H]3C2=O)cc1. The Kier molecular flexibility index (Phi) is 3.14. The molecule has 6 rings (SSSR count). The standard InChI is InChI=1S/C20H20N2O3/c1-2-25-12-5-3-11(4-6-12)10-21-22-19(23)17-13-7-8-14(16-9-15(13)16)18(17)20(22)24/h3-8,10,13-18H,2,9H2,1H3/b21-10-/t13-,14+,15-,16-,17+,18-/m1/s1. The number of carbonyl (C=O) groups excluding carboxylic acids is 2. The van der Waals surface area contributed by atoms with Crippen molar-refractivity contribution >= 4 is 18.0 Å². The molecule has 1 heterocycles. The lowest BCUT2D eigenvalue weighted by atomic mass is 9.63. The average Bonchev–Trinajstić information content (AvgIpc) is 3.41. The van der Waals surface area contributed by atoms with Crippen LogP contribution in [0.2, 0.25) is 0 Å². The third kappa shape index (κ3) is 2.11. The molecule has 0 unspecified atom stereocenters. The van der Waals surface area contributed by atoms with E-state index in [1.807, 2.05) is 31.2 Å². The molecule has 5 nitrogen and oxygen atoms in total. The zero-order valence-electron chi connectivity index (χ0n) is 14.0. The summed E-state index contributed by atoms with van der Waals surface area (Å²) in [7, 11) is 0. The molecule has 0 spiro atoms. The van der Waals surface area contributed by atoms with Crippen LogP contribution in [-0.4, -0.2) is 29.6 Å². The van der Waals surface area contributed by atoms with Crippen molar-refractivity contribution in [2.75, 3.05) is 6.61 Å². The fraction of sp³-hybridized carbons (Fsp3) is 0.450. The molecular formula is C20H20N2O3. The normalized spacial score (nSPS) is 37.6. The van der Waals surface area contributed by atoms with Crippen LogP contribution in [0.1, 0.15) is 18.9 Å². The van der Waals surface area contributed by atoms with Gasteiger partial charge in [-0.3, -0.25) is 9.59 Å². The minimum absolute atomic E-state index is 0.123. The van der Waals surface area contributed by atoms with Crippen molar-refractivity contribution in [1.29, 1.82) is 0 Å². The Morgan fingerprint density at radius 1 is 1.08 bits per heavy atom. The molecule has 1 saturated heterocycles. The van der Waals surface area contributed by atoms with Crippen molar-refractivity contribution in [2.24, 2.45) is 40.6 Å². The van der Waals surface area contributed by atoms with Crippen LogP contribution in [0.3, 0.4) is 0 Å². The molecule has 0 aromatic heterocycles. The molecule has 25 heavy (non-hydrogen) atoms. The first-order valence-electron chi connectivity index (χ1n) is 9.02. The maximum atomic E-state index is 12.8. The zero-order valence-corrected chi connectivity index (χ0v) is 14.0. The molecule has 2 amide bonds. The number of amides is 2. The molecule has 3 fully saturated rings. The first-order chi connectivity index (χ1) is 12.2. The highest BCUT2D eigenvalue weighted by Crippen LogP contribution is 2.65. The Balaban J connectivity index is 1.37. The first-order valence-corrected chi connectivity index (χ1v) is 9.02. The zero-order chi connectivity index (χ0) is 17.1. The van der Waals surface area contributed by atoms with Crippen LogP contribution >= 0.6 is 0 Å². The molecule has 4 aliphatic carbocycles. The molecule has 2 saturated carbocycles.